The van der Waals surface area contributed by atoms with Crippen LogP contribution in [0.4, 0.5) is 0 Å². The van der Waals surface area contributed by atoms with Crippen molar-refractivity contribution in [3.8, 4) is 0 Å². The van der Waals surface area contributed by atoms with E-state index in [0.29, 0.717) is 0 Å². The molecule has 0 saturated heterocycles. The van der Waals surface area contributed by atoms with Gasteiger partial charge in [0.1, 0.15) is 5.60 Å². The molecule has 1 unspecified atom stereocenters. The van der Waals surface area contributed by atoms with E-state index < -0.39 is 5.60 Å². The van der Waals surface area contributed by atoms with Crippen LogP contribution >= 0.6 is 0 Å². The standard InChI is InChI=1S/C7H9NO2/c1-2-7(10)4-5(8)3-6(7)9/h2,8,10H,1,3-4H2. The highest BCUT2D eigenvalue weighted by molar-refractivity contribution is 6.12. The molecule has 1 atom stereocenters. The highest BCUT2D eigenvalue weighted by Gasteiger charge is 2.39. The molecule has 1 rings (SSSR count). The minimum absolute atomic E-state index is 0.0719. The third-order valence-corrected chi connectivity index (χ3v) is 1.68. The highest BCUT2D eigenvalue weighted by atomic mass is 16.3. The predicted molar refractivity (Wildman–Crippen MR) is 37.1 cm³/mol. The fourth-order valence-electron chi connectivity index (χ4n) is 1.02. The van der Waals surface area contributed by atoms with Crippen LogP contribution in [0.5, 0.6) is 0 Å². The van der Waals surface area contributed by atoms with Gasteiger partial charge in [-0.3, -0.25) is 4.79 Å². The average Bonchev–Trinajstić information content (AvgIpc) is 2.09. The molecule has 0 aromatic carbocycles. The number of Topliss-reactive ketones (excluding diaryl/α,β-unsaturated/α-hetero) is 1. The molecule has 3 nitrogen and oxygen atoms in total. The van der Waals surface area contributed by atoms with Crippen molar-refractivity contribution in [2.24, 2.45) is 0 Å². The lowest BCUT2D eigenvalue weighted by molar-refractivity contribution is -0.129. The zero-order chi connectivity index (χ0) is 7.78. The molecule has 1 fully saturated rings. The summed E-state index contributed by atoms with van der Waals surface area (Å²) in [5.41, 5.74) is -1.15. The summed E-state index contributed by atoms with van der Waals surface area (Å²) in [6, 6.07) is 0. The van der Waals surface area contributed by atoms with Crippen LogP contribution in [0.15, 0.2) is 12.7 Å². The SMILES string of the molecule is C=CC1(O)CC(=N)CC1=O. The highest BCUT2D eigenvalue weighted by Crippen LogP contribution is 2.23. The van der Waals surface area contributed by atoms with Gasteiger partial charge in [-0.05, 0) is 0 Å². The molecule has 0 aromatic rings. The third-order valence-electron chi connectivity index (χ3n) is 1.68. The van der Waals surface area contributed by atoms with Crippen LogP contribution in [0.2, 0.25) is 0 Å². The van der Waals surface area contributed by atoms with Gasteiger partial charge in [0.25, 0.3) is 0 Å². The molecule has 3 heteroatoms. The van der Waals surface area contributed by atoms with Crippen molar-refractivity contribution in [2.75, 3.05) is 0 Å². The number of aliphatic hydroxyl groups is 1. The molecule has 0 spiro atoms. The molecule has 10 heavy (non-hydrogen) atoms. The lowest BCUT2D eigenvalue weighted by Gasteiger charge is -2.12. The van der Waals surface area contributed by atoms with Crippen LogP contribution in [0.25, 0.3) is 0 Å². The molecule has 0 radical (unpaired) electrons. The minimum atomic E-state index is -1.43. The summed E-state index contributed by atoms with van der Waals surface area (Å²) in [4.78, 5) is 10.9. The minimum Gasteiger partial charge on any atom is -0.378 e. The number of ketones is 1. The molecule has 1 saturated carbocycles. The van der Waals surface area contributed by atoms with Gasteiger partial charge in [0, 0.05) is 18.6 Å². The first-order chi connectivity index (χ1) is 4.58. The number of hydrogen-bond donors (Lipinski definition) is 2. The molecule has 1 aliphatic rings. The summed E-state index contributed by atoms with van der Waals surface area (Å²) in [6.07, 6.45) is 1.40. The summed E-state index contributed by atoms with van der Waals surface area (Å²) in [5.74, 6) is -0.312. The smallest absolute Gasteiger partial charge is 0.174 e. The van der Waals surface area contributed by atoms with Crippen molar-refractivity contribution in [3.63, 3.8) is 0 Å². The van der Waals surface area contributed by atoms with Gasteiger partial charge in [0.2, 0.25) is 0 Å². The van der Waals surface area contributed by atoms with Gasteiger partial charge in [-0.25, -0.2) is 0 Å². The Kier molecular flexibility index (Phi) is 1.45. The molecular weight excluding hydrogens is 130 g/mol. The quantitative estimate of drug-likeness (QED) is 0.513. The van der Waals surface area contributed by atoms with Crippen LogP contribution in [-0.2, 0) is 4.79 Å². The summed E-state index contributed by atoms with van der Waals surface area (Å²) >= 11 is 0. The first kappa shape index (κ1) is 7.15. The van der Waals surface area contributed by atoms with E-state index >= 15 is 0 Å². The summed E-state index contributed by atoms with van der Waals surface area (Å²) in [6.45, 7) is 3.33. The Bertz CT molecular complexity index is 210. The zero-order valence-electron chi connectivity index (χ0n) is 5.55. The Labute approximate surface area is 58.9 Å². The topological polar surface area (TPSA) is 61.1 Å². The number of nitrogens with one attached hydrogen (secondary N) is 1. The van der Waals surface area contributed by atoms with E-state index in [-0.39, 0.29) is 24.3 Å². The van der Waals surface area contributed by atoms with Crippen LogP contribution in [0.1, 0.15) is 12.8 Å². The lowest BCUT2D eigenvalue weighted by atomic mass is 10.0. The number of carbonyl (C=O) groups is 1. The van der Waals surface area contributed by atoms with Crippen molar-refractivity contribution in [1.82, 2.24) is 0 Å². The normalized spacial score (nSPS) is 32.9. The predicted octanol–water partition coefficient (Wildman–Crippen LogP) is 0.286. The molecule has 0 amide bonds. The van der Waals surface area contributed by atoms with E-state index in [2.05, 4.69) is 6.58 Å². The second-order valence-electron chi connectivity index (χ2n) is 2.51. The molecule has 0 aliphatic heterocycles. The second-order valence-corrected chi connectivity index (χ2v) is 2.51. The first-order valence-electron chi connectivity index (χ1n) is 3.04. The largest absolute Gasteiger partial charge is 0.378 e. The van der Waals surface area contributed by atoms with E-state index in [1.165, 1.54) is 6.08 Å². The lowest BCUT2D eigenvalue weighted by Crippen LogP contribution is -2.30. The molecule has 0 aromatic heterocycles. The van der Waals surface area contributed by atoms with Gasteiger partial charge in [-0.1, -0.05) is 12.7 Å². The molecule has 2 N–H and O–H groups in total. The Morgan fingerprint density at radius 1 is 1.80 bits per heavy atom. The summed E-state index contributed by atoms with van der Waals surface area (Å²) < 4.78 is 0. The summed E-state index contributed by atoms with van der Waals surface area (Å²) in [5, 5.41) is 16.4. The first-order valence-corrected chi connectivity index (χ1v) is 3.04. The Hall–Kier alpha value is -0.960. The van der Waals surface area contributed by atoms with E-state index in [4.69, 9.17) is 5.41 Å². The second kappa shape index (κ2) is 2.02. The fourth-order valence-corrected chi connectivity index (χ4v) is 1.02. The zero-order valence-corrected chi connectivity index (χ0v) is 5.55. The van der Waals surface area contributed by atoms with Crippen molar-refractivity contribution < 1.29 is 9.90 Å². The third kappa shape index (κ3) is 0.885. The van der Waals surface area contributed by atoms with E-state index in [1.807, 2.05) is 0 Å². The monoisotopic (exact) mass is 139 g/mol. The molecular formula is C7H9NO2. The van der Waals surface area contributed by atoms with E-state index in [1.54, 1.807) is 0 Å². The molecule has 1 aliphatic carbocycles. The maximum Gasteiger partial charge on any atom is 0.174 e. The van der Waals surface area contributed by atoms with Crippen LogP contribution in [0, 0.1) is 5.41 Å². The van der Waals surface area contributed by atoms with Crippen molar-refractivity contribution in [3.05, 3.63) is 12.7 Å². The van der Waals surface area contributed by atoms with Gasteiger partial charge < -0.3 is 10.5 Å². The Balaban J connectivity index is 2.90. The Morgan fingerprint density at radius 3 is 2.60 bits per heavy atom. The van der Waals surface area contributed by atoms with Crippen molar-refractivity contribution in [2.45, 2.75) is 18.4 Å². The van der Waals surface area contributed by atoms with E-state index in [0.717, 1.165) is 0 Å². The van der Waals surface area contributed by atoms with Gasteiger partial charge in [-0.15, -0.1) is 0 Å². The molecule has 0 heterocycles. The average molecular weight is 139 g/mol. The maximum atomic E-state index is 10.9. The van der Waals surface area contributed by atoms with Gasteiger partial charge in [0.15, 0.2) is 5.78 Å². The van der Waals surface area contributed by atoms with Crippen LogP contribution in [-0.4, -0.2) is 22.2 Å². The Morgan fingerprint density at radius 2 is 2.40 bits per heavy atom. The van der Waals surface area contributed by atoms with Gasteiger partial charge in [0.05, 0.1) is 0 Å². The number of hydrogen-bond acceptors (Lipinski definition) is 3. The van der Waals surface area contributed by atoms with Crippen molar-refractivity contribution >= 4 is 11.5 Å². The maximum absolute atomic E-state index is 10.9. The molecule has 54 valence electrons. The number of rotatable bonds is 1. The van der Waals surface area contributed by atoms with Crippen molar-refractivity contribution in [1.29, 1.82) is 5.41 Å². The van der Waals surface area contributed by atoms with Gasteiger partial charge in [-0.2, -0.15) is 0 Å². The number of carbonyl (C=O) groups excluding carboxylic acids is 1. The fraction of sp³-hybridized carbons (Fsp3) is 0.429. The van der Waals surface area contributed by atoms with E-state index in [9.17, 15) is 9.90 Å². The molecule has 0 bridgehead atoms. The van der Waals surface area contributed by atoms with Crippen LogP contribution in [0.3, 0.4) is 0 Å². The van der Waals surface area contributed by atoms with Gasteiger partial charge >= 0.3 is 0 Å². The summed E-state index contributed by atoms with van der Waals surface area (Å²) in [7, 11) is 0. The van der Waals surface area contributed by atoms with Crippen LogP contribution < -0.4 is 0 Å².